The Bertz CT molecular complexity index is 643. The van der Waals surface area contributed by atoms with Crippen molar-refractivity contribution >= 4 is 0 Å². The third-order valence-electron chi connectivity index (χ3n) is 6.95. The summed E-state index contributed by atoms with van der Waals surface area (Å²) in [6.07, 6.45) is 3.29. The lowest BCUT2D eigenvalue weighted by Gasteiger charge is -2.45. The molecule has 0 N–H and O–H groups in total. The molecular formula is C25H40O4. The van der Waals surface area contributed by atoms with Crippen LogP contribution in [0.25, 0.3) is 0 Å². The summed E-state index contributed by atoms with van der Waals surface area (Å²) in [5.74, 6) is 0. The third-order valence-corrected chi connectivity index (χ3v) is 6.95. The minimum Gasteiger partial charge on any atom is -0.380 e. The molecule has 1 aromatic rings. The Morgan fingerprint density at radius 3 is 1.83 bits per heavy atom. The van der Waals surface area contributed by atoms with E-state index in [-0.39, 0.29) is 16.6 Å². The summed E-state index contributed by atoms with van der Waals surface area (Å²) < 4.78 is 23.5. The van der Waals surface area contributed by atoms with Gasteiger partial charge in [-0.05, 0) is 58.1 Å². The van der Waals surface area contributed by atoms with E-state index in [0.717, 1.165) is 52.3 Å². The lowest BCUT2D eigenvalue weighted by Crippen LogP contribution is -2.47. The maximum absolute atomic E-state index is 6.33. The maximum Gasteiger partial charge on any atom is 0.0875 e. The summed E-state index contributed by atoms with van der Waals surface area (Å²) in [6, 6.07) is 8.69. The first-order valence-corrected chi connectivity index (χ1v) is 11.2. The van der Waals surface area contributed by atoms with Crippen LogP contribution in [0.2, 0.25) is 0 Å². The fourth-order valence-corrected chi connectivity index (χ4v) is 4.25. The molecule has 0 saturated carbocycles. The molecule has 0 aromatic heterocycles. The van der Waals surface area contributed by atoms with Gasteiger partial charge >= 0.3 is 0 Å². The molecule has 0 atom stereocenters. The van der Waals surface area contributed by atoms with Gasteiger partial charge in [0.2, 0.25) is 0 Å². The summed E-state index contributed by atoms with van der Waals surface area (Å²) in [4.78, 5) is 0. The van der Waals surface area contributed by atoms with Crippen molar-refractivity contribution < 1.29 is 18.9 Å². The van der Waals surface area contributed by atoms with E-state index in [1.807, 2.05) is 0 Å². The van der Waals surface area contributed by atoms with Crippen molar-refractivity contribution in [2.75, 3.05) is 33.0 Å². The third kappa shape index (κ3) is 5.41. The van der Waals surface area contributed by atoms with E-state index in [1.165, 1.54) is 11.1 Å². The Balaban J connectivity index is 1.52. The van der Waals surface area contributed by atoms with Crippen LogP contribution in [0.5, 0.6) is 0 Å². The molecule has 2 saturated heterocycles. The van der Waals surface area contributed by atoms with Crippen LogP contribution < -0.4 is 0 Å². The zero-order chi connectivity index (χ0) is 21.2. The molecule has 1 aromatic carbocycles. The highest BCUT2D eigenvalue weighted by Crippen LogP contribution is 2.40. The van der Waals surface area contributed by atoms with Crippen LogP contribution in [-0.2, 0) is 31.2 Å². The van der Waals surface area contributed by atoms with Gasteiger partial charge in [-0.3, -0.25) is 0 Å². The van der Waals surface area contributed by atoms with E-state index in [0.29, 0.717) is 12.0 Å². The number of hydrogen-bond donors (Lipinski definition) is 0. The van der Waals surface area contributed by atoms with Crippen molar-refractivity contribution in [1.29, 1.82) is 0 Å². The standard InChI is InChI=1S/C25H40O4/c1-7-24(15-26-16-24)14-22(3,4)28-13-20-9-11-21(12-10-20)23(5,6)29-19-25(8-2)17-27-18-25/h9-12H,7-8,13-19H2,1-6H3. The zero-order valence-corrected chi connectivity index (χ0v) is 19.3. The van der Waals surface area contributed by atoms with Crippen LogP contribution in [0.15, 0.2) is 24.3 Å². The summed E-state index contributed by atoms with van der Waals surface area (Å²) in [5, 5.41) is 0. The predicted octanol–water partition coefficient (Wildman–Crippen LogP) is 5.48. The molecule has 0 bridgehead atoms. The van der Waals surface area contributed by atoms with Crippen molar-refractivity contribution in [2.45, 2.75) is 78.6 Å². The Hall–Kier alpha value is -0.940. The van der Waals surface area contributed by atoms with Gasteiger partial charge in [-0.15, -0.1) is 0 Å². The minimum atomic E-state index is -0.311. The minimum absolute atomic E-state index is 0.153. The predicted molar refractivity (Wildman–Crippen MR) is 116 cm³/mol. The first kappa shape index (κ1) is 22.7. The van der Waals surface area contributed by atoms with Crippen molar-refractivity contribution in [3.63, 3.8) is 0 Å². The number of ether oxygens (including phenoxy) is 4. The number of benzene rings is 1. The fraction of sp³-hybridized carbons (Fsp3) is 0.760. The average Bonchev–Trinajstić information content (AvgIpc) is 2.63. The van der Waals surface area contributed by atoms with Crippen LogP contribution in [0.3, 0.4) is 0 Å². The normalized spacial score (nSPS) is 20.8. The highest BCUT2D eigenvalue weighted by molar-refractivity contribution is 5.26. The average molecular weight is 405 g/mol. The number of rotatable bonds is 11. The molecule has 29 heavy (non-hydrogen) atoms. The molecule has 0 spiro atoms. The lowest BCUT2D eigenvalue weighted by molar-refractivity contribution is -0.176. The second-order valence-corrected chi connectivity index (χ2v) is 10.4. The van der Waals surface area contributed by atoms with Gasteiger partial charge in [-0.1, -0.05) is 38.1 Å². The van der Waals surface area contributed by atoms with Crippen molar-refractivity contribution in [3.8, 4) is 0 Å². The van der Waals surface area contributed by atoms with E-state index >= 15 is 0 Å². The van der Waals surface area contributed by atoms with Crippen LogP contribution in [0.4, 0.5) is 0 Å². The molecule has 0 radical (unpaired) electrons. The zero-order valence-electron chi connectivity index (χ0n) is 19.3. The molecule has 2 aliphatic heterocycles. The molecular weight excluding hydrogens is 364 g/mol. The largest absolute Gasteiger partial charge is 0.380 e. The van der Waals surface area contributed by atoms with Gasteiger partial charge in [0.15, 0.2) is 0 Å². The first-order chi connectivity index (χ1) is 13.6. The molecule has 4 heteroatoms. The van der Waals surface area contributed by atoms with Gasteiger partial charge in [-0.25, -0.2) is 0 Å². The molecule has 2 aliphatic rings. The topological polar surface area (TPSA) is 36.9 Å². The smallest absolute Gasteiger partial charge is 0.0875 e. The van der Waals surface area contributed by atoms with E-state index in [1.54, 1.807) is 0 Å². The molecule has 2 heterocycles. The highest BCUT2D eigenvalue weighted by Gasteiger charge is 2.42. The lowest BCUT2D eigenvalue weighted by atomic mass is 9.74. The van der Waals surface area contributed by atoms with Crippen LogP contribution >= 0.6 is 0 Å². The van der Waals surface area contributed by atoms with Gasteiger partial charge in [0.05, 0.1) is 50.8 Å². The quantitative estimate of drug-likeness (QED) is 0.490. The fourth-order valence-electron chi connectivity index (χ4n) is 4.25. The molecule has 164 valence electrons. The summed E-state index contributed by atoms with van der Waals surface area (Å²) in [7, 11) is 0. The van der Waals surface area contributed by atoms with Crippen molar-refractivity contribution in [1.82, 2.24) is 0 Å². The van der Waals surface area contributed by atoms with Gasteiger partial charge in [0.1, 0.15) is 0 Å². The van der Waals surface area contributed by atoms with Gasteiger partial charge in [-0.2, -0.15) is 0 Å². The summed E-state index contributed by atoms with van der Waals surface area (Å²) in [6.45, 7) is 17.9. The Kier molecular flexibility index (Phi) is 6.79. The summed E-state index contributed by atoms with van der Waals surface area (Å²) >= 11 is 0. The highest BCUT2D eigenvalue weighted by atomic mass is 16.5. The number of hydrogen-bond acceptors (Lipinski definition) is 4. The Labute approximate surface area is 177 Å². The SMILES string of the molecule is CCC1(COC(C)(C)c2ccc(COC(C)(C)CC3(CC)COC3)cc2)COC1. The molecule has 0 amide bonds. The summed E-state index contributed by atoms with van der Waals surface area (Å²) in [5.41, 5.74) is 2.44. The van der Waals surface area contributed by atoms with Crippen LogP contribution in [0.1, 0.15) is 71.9 Å². The van der Waals surface area contributed by atoms with E-state index in [4.69, 9.17) is 18.9 Å². The van der Waals surface area contributed by atoms with Gasteiger partial charge in [0, 0.05) is 10.8 Å². The maximum atomic E-state index is 6.33. The van der Waals surface area contributed by atoms with Crippen LogP contribution in [-0.4, -0.2) is 38.6 Å². The van der Waals surface area contributed by atoms with Crippen LogP contribution in [0, 0.1) is 10.8 Å². The van der Waals surface area contributed by atoms with E-state index < -0.39 is 0 Å². The van der Waals surface area contributed by atoms with E-state index in [9.17, 15) is 0 Å². The Morgan fingerprint density at radius 1 is 0.828 bits per heavy atom. The monoisotopic (exact) mass is 404 g/mol. The van der Waals surface area contributed by atoms with Gasteiger partial charge in [0.25, 0.3) is 0 Å². The first-order valence-electron chi connectivity index (χ1n) is 11.2. The molecule has 0 aliphatic carbocycles. The molecule has 0 unspecified atom stereocenters. The molecule has 4 nitrogen and oxygen atoms in total. The van der Waals surface area contributed by atoms with E-state index in [2.05, 4.69) is 65.8 Å². The second kappa shape index (κ2) is 8.66. The van der Waals surface area contributed by atoms with Crippen molar-refractivity contribution in [2.24, 2.45) is 10.8 Å². The Morgan fingerprint density at radius 2 is 1.38 bits per heavy atom. The second-order valence-electron chi connectivity index (χ2n) is 10.4. The molecule has 3 rings (SSSR count). The van der Waals surface area contributed by atoms with Crippen molar-refractivity contribution in [3.05, 3.63) is 35.4 Å². The molecule has 2 fully saturated rings. The van der Waals surface area contributed by atoms with Gasteiger partial charge < -0.3 is 18.9 Å².